The van der Waals surface area contributed by atoms with Crippen molar-refractivity contribution in [1.29, 1.82) is 0 Å². The maximum absolute atomic E-state index is 13.0. The molecule has 0 unspecified atom stereocenters. The molecule has 0 fully saturated rings. The number of carbonyl (C=O) groups is 1. The van der Waals surface area contributed by atoms with Crippen molar-refractivity contribution in [2.45, 2.75) is 33.3 Å². The van der Waals surface area contributed by atoms with Crippen molar-refractivity contribution in [3.63, 3.8) is 0 Å². The number of methoxy groups -OCH3 is 1. The highest BCUT2D eigenvalue weighted by Gasteiger charge is 2.35. The molecular weight excluding hydrogens is 338 g/mol. The highest BCUT2D eigenvalue weighted by atomic mass is 16.5. The molecule has 0 aliphatic heterocycles. The Balaban J connectivity index is 1.92. The predicted octanol–water partition coefficient (Wildman–Crippen LogP) is 4.30. The number of amides is 1. The van der Waals surface area contributed by atoms with Gasteiger partial charge in [-0.15, -0.1) is 0 Å². The number of nitrogens with one attached hydrogen (secondary N) is 1. The van der Waals surface area contributed by atoms with E-state index < -0.39 is 5.60 Å². The number of hydrogen-bond donors (Lipinski definition) is 1. The van der Waals surface area contributed by atoms with Crippen molar-refractivity contribution in [2.75, 3.05) is 12.4 Å². The van der Waals surface area contributed by atoms with E-state index in [0.29, 0.717) is 5.69 Å². The van der Waals surface area contributed by atoms with E-state index in [9.17, 15) is 4.79 Å². The van der Waals surface area contributed by atoms with Crippen molar-refractivity contribution in [3.8, 4) is 5.69 Å². The molecule has 0 bridgehead atoms. The summed E-state index contributed by atoms with van der Waals surface area (Å²) in [4.78, 5) is 13.0. The zero-order valence-electron chi connectivity index (χ0n) is 16.4. The monoisotopic (exact) mass is 363 g/mol. The molecule has 3 aromatic rings. The van der Waals surface area contributed by atoms with Gasteiger partial charge < -0.3 is 10.1 Å². The van der Waals surface area contributed by atoms with E-state index >= 15 is 0 Å². The summed E-state index contributed by atoms with van der Waals surface area (Å²) in [6.07, 6.45) is 1.68. The average molecular weight is 363 g/mol. The van der Waals surface area contributed by atoms with Crippen molar-refractivity contribution in [3.05, 3.63) is 77.1 Å². The van der Waals surface area contributed by atoms with E-state index in [2.05, 4.69) is 28.6 Å². The zero-order chi connectivity index (χ0) is 19.6. The molecule has 0 radical (unpaired) electrons. The minimum absolute atomic E-state index is 0.236. The Morgan fingerprint density at radius 1 is 1.11 bits per heavy atom. The quantitative estimate of drug-likeness (QED) is 0.735. The highest BCUT2D eigenvalue weighted by molar-refractivity contribution is 5.98. The van der Waals surface area contributed by atoms with Gasteiger partial charge in [0.15, 0.2) is 5.60 Å². The van der Waals surface area contributed by atoms with Crippen molar-refractivity contribution < 1.29 is 9.53 Å². The van der Waals surface area contributed by atoms with Gasteiger partial charge in [0.1, 0.15) is 0 Å². The number of aryl methyl sites for hydroxylation is 2. The second-order valence-corrected chi connectivity index (χ2v) is 6.90. The van der Waals surface area contributed by atoms with Gasteiger partial charge in [0.25, 0.3) is 5.91 Å². The molecule has 2 aromatic carbocycles. The molecule has 0 aliphatic carbocycles. The summed E-state index contributed by atoms with van der Waals surface area (Å²) in [5.74, 6) is -0.236. The van der Waals surface area contributed by atoms with Gasteiger partial charge in [-0.2, -0.15) is 5.10 Å². The Morgan fingerprint density at radius 3 is 2.48 bits per heavy atom. The minimum atomic E-state index is -1.09. The number of benzene rings is 2. The number of aromatic nitrogens is 2. The van der Waals surface area contributed by atoms with E-state index in [0.717, 1.165) is 28.1 Å². The molecule has 1 N–H and O–H groups in total. The van der Waals surface area contributed by atoms with Gasteiger partial charge in [0, 0.05) is 7.11 Å². The molecule has 0 aliphatic rings. The lowest BCUT2D eigenvalue weighted by molar-refractivity contribution is -0.136. The topological polar surface area (TPSA) is 56.1 Å². The largest absolute Gasteiger partial charge is 0.364 e. The van der Waals surface area contributed by atoms with E-state index in [1.807, 2.05) is 55.8 Å². The number of ether oxygens (including phenoxy) is 1. The smallest absolute Gasteiger partial charge is 0.261 e. The average Bonchev–Trinajstić information content (AvgIpc) is 3.04. The summed E-state index contributed by atoms with van der Waals surface area (Å²) in [7, 11) is 1.54. The van der Waals surface area contributed by atoms with Gasteiger partial charge >= 0.3 is 0 Å². The lowest BCUT2D eigenvalue weighted by Crippen LogP contribution is -2.39. The first kappa shape index (κ1) is 18.9. The van der Waals surface area contributed by atoms with Crippen LogP contribution >= 0.6 is 0 Å². The zero-order valence-corrected chi connectivity index (χ0v) is 16.4. The number of nitrogens with zero attached hydrogens (tertiary/aromatic N) is 2. The third kappa shape index (κ3) is 3.51. The number of rotatable bonds is 5. The normalized spacial score (nSPS) is 13.2. The Labute approximate surface area is 160 Å². The lowest BCUT2D eigenvalue weighted by atomic mass is 9.94. The number of carbonyl (C=O) groups excluding carboxylic acids is 1. The third-order valence-corrected chi connectivity index (χ3v) is 5.02. The second kappa shape index (κ2) is 7.37. The lowest BCUT2D eigenvalue weighted by Gasteiger charge is -2.27. The fraction of sp³-hybridized carbons (Fsp3) is 0.273. The van der Waals surface area contributed by atoms with Crippen LogP contribution in [0.4, 0.5) is 5.69 Å². The molecule has 5 nitrogen and oxygen atoms in total. The fourth-order valence-electron chi connectivity index (χ4n) is 3.06. The Hall–Kier alpha value is -2.92. The van der Waals surface area contributed by atoms with Gasteiger partial charge in [-0.25, -0.2) is 4.68 Å². The van der Waals surface area contributed by atoms with Crippen LogP contribution < -0.4 is 5.32 Å². The summed E-state index contributed by atoms with van der Waals surface area (Å²) in [6, 6.07) is 15.7. The van der Waals surface area contributed by atoms with Crippen LogP contribution in [0.15, 0.2) is 54.7 Å². The van der Waals surface area contributed by atoms with Crippen LogP contribution in [-0.4, -0.2) is 22.8 Å². The van der Waals surface area contributed by atoms with Crippen molar-refractivity contribution >= 4 is 11.6 Å². The summed E-state index contributed by atoms with van der Waals surface area (Å²) in [5, 5.41) is 7.46. The van der Waals surface area contributed by atoms with Crippen LogP contribution in [0.1, 0.15) is 29.3 Å². The SMILES string of the molecule is CO[C@](C)(C(=O)Nc1cnn(-c2cc(C)ccc2C)c1C)c1ccccc1. The molecular formula is C22H25N3O2. The van der Waals surface area contributed by atoms with Crippen LogP contribution in [0.2, 0.25) is 0 Å². The minimum Gasteiger partial charge on any atom is -0.364 e. The number of anilines is 1. The highest BCUT2D eigenvalue weighted by Crippen LogP contribution is 2.28. The molecule has 0 spiro atoms. The van der Waals surface area contributed by atoms with E-state index in [-0.39, 0.29) is 5.91 Å². The van der Waals surface area contributed by atoms with Gasteiger partial charge in [-0.3, -0.25) is 4.79 Å². The maximum atomic E-state index is 13.0. The molecule has 1 amide bonds. The van der Waals surface area contributed by atoms with Gasteiger partial charge in [-0.1, -0.05) is 42.5 Å². The summed E-state index contributed by atoms with van der Waals surface area (Å²) in [5.41, 5.74) is 4.52. The van der Waals surface area contributed by atoms with Gasteiger partial charge in [0.05, 0.1) is 23.3 Å². The second-order valence-electron chi connectivity index (χ2n) is 6.90. The first-order chi connectivity index (χ1) is 12.9. The van der Waals surface area contributed by atoms with Crippen LogP contribution in [0.3, 0.4) is 0 Å². The number of hydrogen-bond acceptors (Lipinski definition) is 3. The third-order valence-electron chi connectivity index (χ3n) is 5.02. The first-order valence-electron chi connectivity index (χ1n) is 8.91. The molecule has 1 atom stereocenters. The molecule has 27 heavy (non-hydrogen) atoms. The molecule has 1 aromatic heterocycles. The Kier molecular flexibility index (Phi) is 5.15. The molecule has 0 saturated heterocycles. The first-order valence-corrected chi connectivity index (χ1v) is 8.91. The fourth-order valence-corrected chi connectivity index (χ4v) is 3.06. The van der Waals surface area contributed by atoms with E-state index in [4.69, 9.17) is 4.74 Å². The van der Waals surface area contributed by atoms with Gasteiger partial charge in [-0.05, 0) is 50.5 Å². The Morgan fingerprint density at radius 2 is 1.81 bits per heavy atom. The Bertz CT molecular complexity index is 963. The molecule has 140 valence electrons. The van der Waals surface area contributed by atoms with Crippen LogP contribution in [-0.2, 0) is 15.1 Å². The van der Waals surface area contributed by atoms with Crippen LogP contribution in [0.5, 0.6) is 0 Å². The molecule has 1 heterocycles. The summed E-state index contributed by atoms with van der Waals surface area (Å²) in [6.45, 7) is 7.80. The standard InChI is InChI=1S/C22H25N3O2/c1-15-11-12-16(2)20(13-15)25-17(3)19(14-23-25)24-21(26)22(4,27-5)18-9-7-6-8-10-18/h6-14H,1-5H3,(H,24,26)/t22-/m0/s1. The molecule has 3 rings (SSSR count). The van der Waals surface area contributed by atoms with Crippen LogP contribution in [0.25, 0.3) is 5.69 Å². The summed E-state index contributed by atoms with van der Waals surface area (Å²) >= 11 is 0. The molecule has 0 saturated carbocycles. The van der Waals surface area contributed by atoms with Crippen molar-refractivity contribution in [1.82, 2.24) is 9.78 Å². The van der Waals surface area contributed by atoms with Crippen molar-refractivity contribution in [2.24, 2.45) is 0 Å². The van der Waals surface area contributed by atoms with E-state index in [1.54, 1.807) is 20.2 Å². The van der Waals surface area contributed by atoms with Crippen LogP contribution in [0, 0.1) is 20.8 Å². The van der Waals surface area contributed by atoms with E-state index in [1.165, 1.54) is 0 Å². The predicted molar refractivity (Wildman–Crippen MR) is 107 cm³/mol. The van der Waals surface area contributed by atoms with Gasteiger partial charge in [0.2, 0.25) is 0 Å². The molecule has 5 heteroatoms. The summed E-state index contributed by atoms with van der Waals surface area (Å²) < 4.78 is 7.44. The maximum Gasteiger partial charge on any atom is 0.261 e.